The molecule has 28 heavy (non-hydrogen) atoms. The van der Waals surface area contributed by atoms with Gasteiger partial charge >= 0.3 is 165 Å². The number of benzene rings is 2. The van der Waals surface area contributed by atoms with Gasteiger partial charge in [-0.1, -0.05) is 0 Å². The number of rotatable bonds is 5. The average molecular weight is 454 g/mol. The molecule has 9 heteroatoms. The molecule has 3 rings (SSSR count). The molecule has 3 aromatic rings. The van der Waals surface area contributed by atoms with Gasteiger partial charge < -0.3 is 0 Å². The number of nitrogens with one attached hydrogen (secondary N) is 1. The van der Waals surface area contributed by atoms with Crippen LogP contribution in [0.3, 0.4) is 0 Å². The normalized spacial score (nSPS) is 11.6. The summed E-state index contributed by atoms with van der Waals surface area (Å²) >= 11 is -0.484. The topological polar surface area (TPSA) is 77.1 Å². The number of fused-ring (bicyclic) bond motifs is 1. The number of nitrogens with zero attached hydrogens (tertiary/aromatic N) is 1. The summed E-state index contributed by atoms with van der Waals surface area (Å²) in [5, 5.41) is 3.44. The van der Waals surface area contributed by atoms with E-state index in [0.29, 0.717) is 4.46 Å². The third kappa shape index (κ3) is 4.05. The second-order valence-corrected chi connectivity index (χ2v) is 8.26. The average Bonchev–Trinajstić information content (AvgIpc) is 2.98. The Balaban J connectivity index is 2.05. The van der Waals surface area contributed by atoms with Crippen molar-refractivity contribution in [3.8, 4) is 0 Å². The molecule has 146 valence electrons. The molecule has 0 fully saturated rings. The van der Waals surface area contributed by atoms with Crippen molar-refractivity contribution in [1.29, 1.82) is 0 Å². The molecule has 2 amide bonds. The Bertz CT molecular complexity index is 1060. The first-order chi connectivity index (χ1) is 13.2. The van der Waals surface area contributed by atoms with Crippen molar-refractivity contribution in [2.45, 2.75) is 12.7 Å². The number of alkyl halides is 3. The molecule has 1 aromatic heterocycles. The molecule has 0 unspecified atom stereocenters. The second-order valence-electron chi connectivity index (χ2n) is 5.99. The van der Waals surface area contributed by atoms with Crippen LogP contribution in [0.5, 0.6) is 0 Å². The van der Waals surface area contributed by atoms with Gasteiger partial charge in [0.15, 0.2) is 0 Å². The first-order valence-electron chi connectivity index (χ1n) is 8.18. The van der Waals surface area contributed by atoms with Crippen molar-refractivity contribution in [3.05, 3.63) is 59.8 Å². The van der Waals surface area contributed by atoms with Crippen LogP contribution >= 0.6 is 0 Å². The number of likely N-dealkylation sites (N-methyl/N-ethyl adjacent to an activating group) is 1. The number of aromatic nitrogens is 1. The zero-order chi connectivity index (χ0) is 20.5. The number of carbonyl (C=O) groups excluding carboxylic acids is 2. The molecule has 0 spiro atoms. The van der Waals surface area contributed by atoms with Gasteiger partial charge in [-0.2, -0.15) is 0 Å². The van der Waals surface area contributed by atoms with Crippen LogP contribution in [0.1, 0.15) is 15.9 Å². The van der Waals surface area contributed by atoms with Gasteiger partial charge in [0.05, 0.1) is 0 Å². The van der Waals surface area contributed by atoms with Gasteiger partial charge in [0, 0.05) is 0 Å². The summed E-state index contributed by atoms with van der Waals surface area (Å²) in [6, 6.07) is 10.5. The molecular weight excluding hydrogens is 438 g/mol. The minimum absolute atomic E-state index is 0.114. The molecule has 0 bridgehead atoms. The van der Waals surface area contributed by atoms with Crippen LogP contribution in [0.2, 0.25) is 0 Å². The van der Waals surface area contributed by atoms with E-state index >= 15 is 0 Å². The summed E-state index contributed by atoms with van der Waals surface area (Å²) in [4.78, 5) is 23.5. The summed E-state index contributed by atoms with van der Waals surface area (Å²) in [5.74, 6) is -1.08. The number of amides is 2. The zero-order valence-electron chi connectivity index (χ0n) is 14.7. The number of hydrogen-bond acceptors (Lipinski definition) is 2. The van der Waals surface area contributed by atoms with E-state index in [9.17, 15) is 22.8 Å². The number of hydrogen-bond donors (Lipinski definition) is 2. The summed E-state index contributed by atoms with van der Waals surface area (Å²) in [7, 11) is 1.54. The van der Waals surface area contributed by atoms with Gasteiger partial charge in [-0.25, -0.2) is 0 Å². The minimum atomic E-state index is -4.56. The number of halogens is 3. The fourth-order valence-electron chi connectivity index (χ4n) is 2.77. The van der Waals surface area contributed by atoms with E-state index in [-0.39, 0.29) is 18.0 Å². The second kappa shape index (κ2) is 7.69. The SMILES string of the molecule is CNC(=O)Cn1cc([Se]c2ccc(C(F)(F)F)cc2C(N)=O)c2ccccc21. The van der Waals surface area contributed by atoms with Crippen molar-refractivity contribution in [2.75, 3.05) is 7.05 Å². The van der Waals surface area contributed by atoms with Crippen molar-refractivity contribution < 1.29 is 22.8 Å². The Kier molecular flexibility index (Phi) is 5.49. The summed E-state index contributed by atoms with van der Waals surface area (Å²) in [6.45, 7) is 0.114. The van der Waals surface area contributed by atoms with Gasteiger partial charge in [0.1, 0.15) is 0 Å². The van der Waals surface area contributed by atoms with Crippen molar-refractivity contribution in [1.82, 2.24) is 9.88 Å². The number of para-hydroxylation sites is 1. The standard InChI is InChI=1S/C19H16F3N3O2Se/c1-24-17(26)10-25-9-16(12-4-2-3-5-14(12)25)28-15-7-6-11(19(20,21)22)8-13(15)18(23)27/h2-9H,10H2,1H3,(H2,23,27)(H,24,26). The molecule has 0 aliphatic heterocycles. The van der Waals surface area contributed by atoms with Crippen LogP contribution in [-0.4, -0.2) is 38.4 Å². The van der Waals surface area contributed by atoms with E-state index in [1.807, 2.05) is 24.3 Å². The van der Waals surface area contributed by atoms with Crippen molar-refractivity contribution >= 4 is 46.6 Å². The predicted octanol–water partition coefficient (Wildman–Crippen LogP) is 1.16. The Morgan fingerprint density at radius 1 is 1.14 bits per heavy atom. The maximum absolute atomic E-state index is 13.0. The van der Waals surface area contributed by atoms with E-state index in [1.165, 1.54) is 6.07 Å². The molecule has 0 radical (unpaired) electrons. The fourth-order valence-corrected chi connectivity index (χ4v) is 5.08. The van der Waals surface area contributed by atoms with Crippen LogP contribution in [-0.2, 0) is 17.5 Å². The van der Waals surface area contributed by atoms with Crippen LogP contribution < -0.4 is 20.0 Å². The Morgan fingerprint density at radius 3 is 2.50 bits per heavy atom. The monoisotopic (exact) mass is 455 g/mol. The molecular formula is C19H16F3N3O2Se. The van der Waals surface area contributed by atoms with Gasteiger partial charge in [0.25, 0.3) is 0 Å². The van der Waals surface area contributed by atoms with Crippen LogP contribution in [0.25, 0.3) is 10.9 Å². The summed E-state index contributed by atoms with van der Waals surface area (Å²) < 4.78 is 42.0. The van der Waals surface area contributed by atoms with E-state index < -0.39 is 32.6 Å². The quantitative estimate of drug-likeness (QED) is 0.568. The molecule has 3 N–H and O–H groups in total. The van der Waals surface area contributed by atoms with Crippen molar-refractivity contribution in [3.63, 3.8) is 0 Å². The van der Waals surface area contributed by atoms with Gasteiger partial charge in [-0.15, -0.1) is 0 Å². The zero-order valence-corrected chi connectivity index (χ0v) is 16.4. The maximum atomic E-state index is 13.0. The first-order valence-corrected chi connectivity index (χ1v) is 9.89. The molecule has 2 aromatic carbocycles. The van der Waals surface area contributed by atoms with Crippen LogP contribution in [0.4, 0.5) is 13.2 Å². The number of primary amides is 1. The summed E-state index contributed by atoms with van der Waals surface area (Å²) in [5.41, 5.74) is 5.10. The predicted molar refractivity (Wildman–Crippen MR) is 101 cm³/mol. The third-order valence-electron chi connectivity index (χ3n) is 4.14. The van der Waals surface area contributed by atoms with E-state index in [1.54, 1.807) is 17.8 Å². The molecule has 0 atom stereocenters. The van der Waals surface area contributed by atoms with E-state index in [2.05, 4.69) is 5.32 Å². The third-order valence-corrected chi connectivity index (χ3v) is 6.49. The van der Waals surface area contributed by atoms with E-state index in [4.69, 9.17) is 5.73 Å². The van der Waals surface area contributed by atoms with Gasteiger partial charge in [0.2, 0.25) is 0 Å². The van der Waals surface area contributed by atoms with Crippen molar-refractivity contribution in [2.24, 2.45) is 5.73 Å². The Labute approximate surface area is 164 Å². The van der Waals surface area contributed by atoms with Crippen LogP contribution in [0.15, 0.2) is 48.7 Å². The molecule has 1 heterocycles. The van der Waals surface area contributed by atoms with E-state index in [0.717, 1.165) is 27.5 Å². The molecule has 0 aliphatic rings. The molecule has 5 nitrogen and oxygen atoms in total. The van der Waals surface area contributed by atoms with Gasteiger partial charge in [-0.05, 0) is 0 Å². The number of carbonyl (C=O) groups is 2. The molecule has 0 saturated heterocycles. The summed E-state index contributed by atoms with van der Waals surface area (Å²) in [6.07, 6.45) is -2.76. The van der Waals surface area contributed by atoms with Crippen LogP contribution in [0, 0.1) is 0 Å². The number of nitrogens with two attached hydrogens (primary N) is 1. The Morgan fingerprint density at radius 2 is 1.86 bits per heavy atom. The first kappa shape index (κ1) is 20.0. The fraction of sp³-hybridized carbons (Fsp3) is 0.158. The Hall–Kier alpha value is -2.77. The molecule has 0 saturated carbocycles. The van der Waals surface area contributed by atoms with Gasteiger partial charge in [-0.3, -0.25) is 0 Å². The molecule has 0 aliphatic carbocycles.